The highest BCUT2D eigenvalue weighted by atomic mass is 16.5. The van der Waals surface area contributed by atoms with Gasteiger partial charge in [-0.3, -0.25) is 24.0 Å². The Morgan fingerprint density at radius 1 is 0.780 bits per heavy atom. The summed E-state index contributed by atoms with van der Waals surface area (Å²) in [6.07, 6.45) is 0.431. The largest absolute Gasteiger partial charge is 0.497 e. The maximum Gasteiger partial charge on any atom is 0.255 e. The number of nitrogens with one attached hydrogen (secondary N) is 4. The normalized spacial score (nSPS) is 21.0. The molecule has 0 saturated carbocycles. The summed E-state index contributed by atoms with van der Waals surface area (Å²) in [6, 6.07) is 20.3. The van der Waals surface area contributed by atoms with Crippen molar-refractivity contribution < 1.29 is 28.7 Å². The molecule has 1 saturated heterocycles. The van der Waals surface area contributed by atoms with E-state index in [4.69, 9.17) is 4.74 Å². The molecule has 0 spiro atoms. The third kappa shape index (κ3) is 10.2. The van der Waals surface area contributed by atoms with Crippen LogP contribution in [0.25, 0.3) is 11.1 Å². The second kappa shape index (κ2) is 17.5. The summed E-state index contributed by atoms with van der Waals surface area (Å²) >= 11 is 0. The molecule has 1 aliphatic heterocycles. The van der Waals surface area contributed by atoms with Crippen LogP contribution in [0.5, 0.6) is 5.75 Å². The summed E-state index contributed by atoms with van der Waals surface area (Å²) in [6.45, 7) is 8.91. The number of carbonyl (C=O) groups excluding carboxylic acids is 5. The lowest BCUT2D eigenvalue weighted by atomic mass is 9.98. The molecule has 0 bridgehead atoms. The van der Waals surface area contributed by atoms with E-state index in [1.54, 1.807) is 50.4 Å². The second-order valence-electron chi connectivity index (χ2n) is 13.5. The molecular formula is C39H49N5O6. The molecule has 4 atom stereocenters. The lowest BCUT2D eigenvalue weighted by Crippen LogP contribution is -2.57. The highest BCUT2D eigenvalue weighted by molar-refractivity contribution is 6.02. The van der Waals surface area contributed by atoms with Crippen LogP contribution in [0.1, 0.15) is 57.0 Å². The molecule has 0 aromatic heterocycles. The number of rotatable bonds is 8. The minimum atomic E-state index is -1.05. The summed E-state index contributed by atoms with van der Waals surface area (Å²) in [5, 5.41) is 11.4. The van der Waals surface area contributed by atoms with Crippen molar-refractivity contribution in [1.29, 1.82) is 0 Å². The highest BCUT2D eigenvalue weighted by Gasteiger charge is 2.33. The van der Waals surface area contributed by atoms with Gasteiger partial charge in [0.05, 0.1) is 13.7 Å². The van der Waals surface area contributed by atoms with Gasteiger partial charge in [0.15, 0.2) is 0 Å². The van der Waals surface area contributed by atoms with Gasteiger partial charge in [0.25, 0.3) is 5.91 Å². The molecule has 0 aliphatic carbocycles. The molecule has 4 rings (SSSR count). The van der Waals surface area contributed by atoms with Gasteiger partial charge in [0, 0.05) is 24.6 Å². The van der Waals surface area contributed by atoms with Gasteiger partial charge in [-0.15, -0.1) is 0 Å². The molecule has 50 heavy (non-hydrogen) atoms. The molecular weight excluding hydrogens is 634 g/mol. The van der Waals surface area contributed by atoms with E-state index in [9.17, 15) is 24.0 Å². The van der Waals surface area contributed by atoms with Crippen molar-refractivity contribution in [2.24, 2.45) is 11.8 Å². The van der Waals surface area contributed by atoms with Gasteiger partial charge in [-0.05, 0) is 60.1 Å². The molecule has 1 aliphatic rings. The predicted molar refractivity (Wildman–Crippen MR) is 192 cm³/mol. The topological polar surface area (TPSA) is 146 Å². The van der Waals surface area contributed by atoms with Crippen LogP contribution >= 0.6 is 0 Å². The third-order valence-electron chi connectivity index (χ3n) is 8.76. The van der Waals surface area contributed by atoms with E-state index in [1.165, 1.54) is 4.90 Å². The van der Waals surface area contributed by atoms with Crippen molar-refractivity contribution in [3.05, 3.63) is 90.0 Å². The van der Waals surface area contributed by atoms with E-state index >= 15 is 0 Å². The van der Waals surface area contributed by atoms with E-state index in [2.05, 4.69) is 21.3 Å². The van der Waals surface area contributed by atoms with Crippen LogP contribution in [0.4, 0.5) is 0 Å². The molecule has 11 heteroatoms. The minimum Gasteiger partial charge on any atom is -0.497 e. The van der Waals surface area contributed by atoms with Crippen LogP contribution in [-0.2, 0) is 25.6 Å². The predicted octanol–water partition coefficient (Wildman–Crippen LogP) is 3.72. The van der Waals surface area contributed by atoms with Crippen LogP contribution in [0, 0.1) is 11.8 Å². The lowest BCUT2D eigenvalue weighted by molar-refractivity contribution is -0.133. The van der Waals surface area contributed by atoms with Crippen LogP contribution in [0.2, 0.25) is 0 Å². The molecule has 1 fully saturated rings. The van der Waals surface area contributed by atoms with Crippen LogP contribution in [0.3, 0.4) is 0 Å². The molecule has 1 heterocycles. The van der Waals surface area contributed by atoms with Crippen molar-refractivity contribution in [2.75, 3.05) is 20.2 Å². The standard InChI is InChI=1S/C39H49N5O6/c1-24(2)20-32-38(48)42-33(21-27-16-18-29(50-6)19-17-27)37(47)40-26(5)36(46)43-34(25(3)4)22-44(23-35(45)41-32)39(49)31-15-11-10-14-30(31)28-12-8-7-9-13-28/h7-19,24-26,32-34H,20-23H2,1-6H3,(H,40,47)(H,41,45)(H,42,48)(H,43,46)/t26-,32+,33+,34-/m1/s1. The number of methoxy groups -OCH3 is 1. The van der Waals surface area contributed by atoms with Gasteiger partial charge in [0.2, 0.25) is 23.6 Å². The Morgan fingerprint density at radius 2 is 1.42 bits per heavy atom. The van der Waals surface area contributed by atoms with Crippen LogP contribution in [0.15, 0.2) is 78.9 Å². The van der Waals surface area contributed by atoms with E-state index in [0.29, 0.717) is 23.3 Å². The maximum atomic E-state index is 14.4. The number of hydrogen-bond acceptors (Lipinski definition) is 6. The van der Waals surface area contributed by atoms with Crippen molar-refractivity contribution in [1.82, 2.24) is 26.2 Å². The van der Waals surface area contributed by atoms with Crippen molar-refractivity contribution in [3.63, 3.8) is 0 Å². The quantitative estimate of drug-likeness (QED) is 0.285. The number of nitrogens with zero attached hydrogens (tertiary/aromatic N) is 1. The molecule has 0 unspecified atom stereocenters. The molecule has 3 aromatic rings. The Balaban J connectivity index is 1.71. The SMILES string of the molecule is COc1ccc(C[C@@H]2NC(=O)[C@H](CC(C)C)NC(=O)CN(C(=O)c3ccccc3-c3ccccc3)C[C@H](C(C)C)NC(=O)[C@@H](C)NC2=O)cc1. The summed E-state index contributed by atoms with van der Waals surface area (Å²) in [5.41, 5.74) is 2.71. The van der Waals surface area contributed by atoms with Crippen molar-refractivity contribution >= 4 is 29.5 Å². The zero-order chi connectivity index (χ0) is 36.4. The Labute approximate surface area is 294 Å². The molecule has 5 amide bonds. The van der Waals surface area contributed by atoms with E-state index in [1.807, 2.05) is 70.2 Å². The first-order valence-corrected chi connectivity index (χ1v) is 17.1. The minimum absolute atomic E-state index is 0.0145. The van der Waals surface area contributed by atoms with Crippen molar-refractivity contribution in [2.45, 2.75) is 71.6 Å². The number of benzene rings is 3. The highest BCUT2D eigenvalue weighted by Crippen LogP contribution is 2.25. The average molecular weight is 684 g/mol. The summed E-state index contributed by atoms with van der Waals surface area (Å²) in [7, 11) is 1.56. The maximum absolute atomic E-state index is 14.4. The van der Waals surface area contributed by atoms with E-state index in [-0.39, 0.29) is 31.3 Å². The summed E-state index contributed by atoms with van der Waals surface area (Å²) < 4.78 is 5.25. The number of ether oxygens (including phenoxy) is 1. The Hall–Kier alpha value is -5.19. The second-order valence-corrected chi connectivity index (χ2v) is 13.5. The third-order valence-corrected chi connectivity index (χ3v) is 8.76. The van der Waals surface area contributed by atoms with E-state index < -0.39 is 53.7 Å². The van der Waals surface area contributed by atoms with E-state index in [0.717, 1.165) is 11.1 Å². The first kappa shape index (κ1) is 37.6. The zero-order valence-corrected chi connectivity index (χ0v) is 29.7. The first-order chi connectivity index (χ1) is 23.9. The molecule has 4 N–H and O–H groups in total. The van der Waals surface area contributed by atoms with Gasteiger partial charge in [-0.1, -0.05) is 88.4 Å². The van der Waals surface area contributed by atoms with Gasteiger partial charge < -0.3 is 30.9 Å². The number of carbonyl (C=O) groups is 5. The average Bonchev–Trinajstić information content (AvgIpc) is 3.10. The summed E-state index contributed by atoms with van der Waals surface area (Å²) in [5.74, 6) is -1.95. The monoisotopic (exact) mass is 683 g/mol. The lowest BCUT2D eigenvalue weighted by Gasteiger charge is -2.31. The van der Waals surface area contributed by atoms with Gasteiger partial charge in [-0.25, -0.2) is 0 Å². The number of hydrogen-bond donors (Lipinski definition) is 4. The molecule has 266 valence electrons. The Morgan fingerprint density at radius 3 is 2.06 bits per heavy atom. The fraction of sp³-hybridized carbons (Fsp3) is 0.410. The Kier molecular flexibility index (Phi) is 13.1. The smallest absolute Gasteiger partial charge is 0.255 e. The number of amides is 5. The molecule has 3 aromatic carbocycles. The fourth-order valence-corrected chi connectivity index (χ4v) is 5.87. The van der Waals surface area contributed by atoms with Gasteiger partial charge in [-0.2, -0.15) is 0 Å². The van der Waals surface area contributed by atoms with Gasteiger partial charge in [0.1, 0.15) is 23.9 Å². The summed E-state index contributed by atoms with van der Waals surface area (Å²) in [4.78, 5) is 70.6. The Bertz CT molecular complexity index is 1640. The first-order valence-electron chi connectivity index (χ1n) is 17.1. The zero-order valence-electron chi connectivity index (χ0n) is 29.7. The van der Waals surface area contributed by atoms with Gasteiger partial charge >= 0.3 is 0 Å². The van der Waals surface area contributed by atoms with Crippen LogP contribution in [-0.4, -0.2) is 78.8 Å². The fourth-order valence-electron chi connectivity index (χ4n) is 5.87. The van der Waals surface area contributed by atoms with Crippen molar-refractivity contribution in [3.8, 4) is 16.9 Å². The van der Waals surface area contributed by atoms with Crippen LogP contribution < -0.4 is 26.0 Å². The molecule has 11 nitrogen and oxygen atoms in total. The molecule has 0 radical (unpaired) electrons.